The molecule has 0 bridgehead atoms. The number of rotatable bonds is 3. The van der Waals surface area contributed by atoms with Gasteiger partial charge in [0.05, 0.1) is 13.2 Å². The first-order valence-electron chi connectivity index (χ1n) is 6.56. The molecule has 3 rings (SSSR count). The fraction of sp³-hybridized carbons (Fsp3) is 0.615. The Morgan fingerprint density at radius 2 is 2.05 bits per heavy atom. The van der Waals surface area contributed by atoms with Gasteiger partial charge in [0.2, 0.25) is 5.88 Å². The maximum absolute atomic E-state index is 5.92. The van der Waals surface area contributed by atoms with E-state index in [9.17, 15) is 0 Å². The molecule has 0 N–H and O–H groups in total. The Hall–Kier alpha value is -0.600. The summed E-state index contributed by atoms with van der Waals surface area (Å²) >= 11 is 2.32. The zero-order valence-electron chi connectivity index (χ0n) is 11.0. The van der Waals surface area contributed by atoms with E-state index in [0.717, 1.165) is 54.7 Å². The van der Waals surface area contributed by atoms with Crippen LogP contribution in [0, 0.1) is 3.57 Å². The first-order chi connectivity index (χ1) is 9.20. The quantitative estimate of drug-likeness (QED) is 0.743. The molecule has 0 radical (unpaired) electrons. The number of nitrogens with zero attached hydrogens (tertiary/aromatic N) is 3. The molecular formula is C13H18IN3O2. The van der Waals surface area contributed by atoms with Crippen molar-refractivity contribution in [2.75, 3.05) is 51.3 Å². The van der Waals surface area contributed by atoms with Gasteiger partial charge in [-0.15, -0.1) is 0 Å². The molecule has 0 atom stereocenters. The summed E-state index contributed by atoms with van der Waals surface area (Å²) < 4.78 is 12.5. The lowest BCUT2D eigenvalue weighted by Gasteiger charge is -2.36. The fourth-order valence-electron chi connectivity index (χ4n) is 2.36. The molecule has 1 aromatic heterocycles. The van der Waals surface area contributed by atoms with Gasteiger partial charge in [-0.2, -0.15) is 4.98 Å². The molecule has 5 nitrogen and oxygen atoms in total. The van der Waals surface area contributed by atoms with Crippen molar-refractivity contribution in [3.8, 4) is 5.88 Å². The number of hydrogen-bond acceptors (Lipinski definition) is 5. The van der Waals surface area contributed by atoms with Gasteiger partial charge in [0.1, 0.15) is 11.9 Å². The molecule has 0 saturated carbocycles. The Kier molecular flexibility index (Phi) is 4.09. The van der Waals surface area contributed by atoms with Crippen molar-refractivity contribution < 1.29 is 9.47 Å². The highest BCUT2D eigenvalue weighted by Crippen LogP contribution is 2.23. The summed E-state index contributed by atoms with van der Waals surface area (Å²) in [6.45, 7) is 5.32. The van der Waals surface area contributed by atoms with E-state index in [0.29, 0.717) is 0 Å². The molecule has 6 heteroatoms. The monoisotopic (exact) mass is 375 g/mol. The molecular weight excluding hydrogens is 357 g/mol. The minimum Gasteiger partial charge on any atom is -0.472 e. The van der Waals surface area contributed by atoms with Crippen LogP contribution in [0.15, 0.2) is 12.1 Å². The first kappa shape index (κ1) is 13.4. The second-order valence-electron chi connectivity index (χ2n) is 5.04. The highest BCUT2D eigenvalue weighted by molar-refractivity contribution is 14.1. The van der Waals surface area contributed by atoms with Crippen LogP contribution >= 0.6 is 22.6 Å². The van der Waals surface area contributed by atoms with Crippen LogP contribution in [-0.4, -0.2) is 62.4 Å². The highest BCUT2D eigenvalue weighted by atomic mass is 127. The number of anilines is 1. The van der Waals surface area contributed by atoms with Crippen molar-refractivity contribution in [1.29, 1.82) is 0 Å². The van der Waals surface area contributed by atoms with E-state index in [-0.39, 0.29) is 6.10 Å². The van der Waals surface area contributed by atoms with Crippen LogP contribution in [0.25, 0.3) is 0 Å². The van der Waals surface area contributed by atoms with E-state index < -0.39 is 0 Å². The summed E-state index contributed by atoms with van der Waals surface area (Å²) in [5, 5.41) is 0. The highest BCUT2D eigenvalue weighted by Gasteiger charge is 2.25. The molecule has 104 valence electrons. The third kappa shape index (κ3) is 3.29. The van der Waals surface area contributed by atoms with Gasteiger partial charge >= 0.3 is 0 Å². The summed E-state index contributed by atoms with van der Waals surface area (Å²) in [5.74, 6) is 1.74. The zero-order valence-corrected chi connectivity index (χ0v) is 13.2. The van der Waals surface area contributed by atoms with Crippen LogP contribution in [-0.2, 0) is 4.74 Å². The normalized spacial score (nSPS) is 21.3. The molecule has 19 heavy (non-hydrogen) atoms. The van der Waals surface area contributed by atoms with Crippen LogP contribution in [0.1, 0.15) is 0 Å². The molecule has 0 amide bonds. The number of pyridine rings is 1. The summed E-state index contributed by atoms with van der Waals surface area (Å²) in [7, 11) is 2.10. The van der Waals surface area contributed by atoms with Crippen LogP contribution in [0.5, 0.6) is 5.88 Å². The fourth-order valence-corrected chi connectivity index (χ4v) is 2.91. The number of hydrogen-bond donors (Lipinski definition) is 0. The molecule has 3 heterocycles. The van der Waals surface area contributed by atoms with Gasteiger partial charge < -0.3 is 14.4 Å². The van der Waals surface area contributed by atoms with Gasteiger partial charge in [0, 0.05) is 35.8 Å². The number of ether oxygens (including phenoxy) is 2. The molecule has 2 aliphatic rings. The number of halogens is 1. The van der Waals surface area contributed by atoms with Gasteiger partial charge in [0.15, 0.2) is 0 Å². The minimum atomic E-state index is 0.285. The average Bonchev–Trinajstić information content (AvgIpc) is 2.37. The Morgan fingerprint density at radius 1 is 1.32 bits per heavy atom. The van der Waals surface area contributed by atoms with Crippen molar-refractivity contribution in [2.45, 2.75) is 6.10 Å². The van der Waals surface area contributed by atoms with Crippen LogP contribution in [0.3, 0.4) is 0 Å². The average molecular weight is 375 g/mol. The Morgan fingerprint density at radius 3 is 2.74 bits per heavy atom. The minimum absolute atomic E-state index is 0.285. The third-order valence-electron chi connectivity index (χ3n) is 3.41. The van der Waals surface area contributed by atoms with E-state index in [4.69, 9.17) is 9.47 Å². The lowest BCUT2D eigenvalue weighted by Crippen LogP contribution is -2.51. The van der Waals surface area contributed by atoms with Crippen LogP contribution in [0.2, 0.25) is 0 Å². The second-order valence-corrected chi connectivity index (χ2v) is 6.29. The smallest absolute Gasteiger partial charge is 0.216 e. The van der Waals surface area contributed by atoms with Crippen molar-refractivity contribution in [3.05, 3.63) is 15.7 Å². The van der Waals surface area contributed by atoms with E-state index in [1.54, 1.807) is 0 Å². The van der Waals surface area contributed by atoms with E-state index in [1.807, 2.05) is 6.07 Å². The lowest BCUT2D eigenvalue weighted by molar-refractivity contribution is 0.0355. The molecule has 2 saturated heterocycles. The van der Waals surface area contributed by atoms with Crippen LogP contribution in [0.4, 0.5) is 5.82 Å². The molecule has 0 unspecified atom stereocenters. The molecule has 1 aromatic rings. The predicted molar refractivity (Wildman–Crippen MR) is 81.9 cm³/mol. The summed E-state index contributed by atoms with van der Waals surface area (Å²) in [5.41, 5.74) is 0. The Bertz CT molecular complexity index is 446. The molecule has 0 spiro atoms. The summed E-state index contributed by atoms with van der Waals surface area (Å²) in [4.78, 5) is 9.12. The number of aromatic nitrogens is 1. The van der Waals surface area contributed by atoms with Gasteiger partial charge in [-0.1, -0.05) is 0 Å². The second kappa shape index (κ2) is 5.80. The van der Waals surface area contributed by atoms with Crippen molar-refractivity contribution >= 4 is 28.4 Å². The van der Waals surface area contributed by atoms with Gasteiger partial charge in [-0.3, -0.25) is 4.90 Å². The molecule has 2 aliphatic heterocycles. The van der Waals surface area contributed by atoms with Crippen molar-refractivity contribution in [3.63, 3.8) is 0 Å². The summed E-state index contributed by atoms with van der Waals surface area (Å²) in [6, 6.07) is 4.11. The maximum Gasteiger partial charge on any atom is 0.216 e. The van der Waals surface area contributed by atoms with Crippen molar-refractivity contribution in [1.82, 2.24) is 9.88 Å². The van der Waals surface area contributed by atoms with E-state index in [1.165, 1.54) is 0 Å². The Balaban J connectivity index is 1.71. The predicted octanol–water partition coefficient (Wildman–Crippen LogP) is 1.22. The maximum atomic E-state index is 5.92. The lowest BCUT2D eigenvalue weighted by atomic mass is 10.2. The molecule has 0 aliphatic carbocycles. The largest absolute Gasteiger partial charge is 0.472 e. The van der Waals surface area contributed by atoms with Gasteiger partial charge in [-0.25, -0.2) is 0 Å². The standard InChI is InChI=1S/C13H18IN3O2/c1-16-8-11(9-16)19-13-7-10(14)6-12(15-13)17-2-4-18-5-3-17/h6-7,11H,2-5,8-9H2,1H3. The van der Waals surface area contributed by atoms with E-state index in [2.05, 4.69) is 50.5 Å². The molecule has 2 fully saturated rings. The first-order valence-corrected chi connectivity index (χ1v) is 7.64. The van der Waals surface area contributed by atoms with Gasteiger partial charge in [-0.05, 0) is 35.7 Å². The van der Waals surface area contributed by atoms with Crippen molar-refractivity contribution in [2.24, 2.45) is 0 Å². The Labute approximate surface area is 127 Å². The summed E-state index contributed by atoms with van der Waals surface area (Å²) in [6.07, 6.45) is 0.285. The van der Waals surface area contributed by atoms with Gasteiger partial charge in [0.25, 0.3) is 0 Å². The number of likely N-dealkylation sites (N-methyl/N-ethyl adjacent to an activating group) is 1. The van der Waals surface area contributed by atoms with Crippen LogP contribution < -0.4 is 9.64 Å². The zero-order chi connectivity index (χ0) is 13.2. The third-order valence-corrected chi connectivity index (χ3v) is 4.03. The SMILES string of the molecule is CN1CC(Oc2cc(I)cc(N3CCOCC3)n2)C1. The molecule has 0 aromatic carbocycles. The number of morpholine rings is 1. The number of likely N-dealkylation sites (tertiary alicyclic amines) is 1. The topological polar surface area (TPSA) is 37.8 Å². The van der Waals surface area contributed by atoms with E-state index >= 15 is 0 Å².